The number of hydrogen-bond donors (Lipinski definition) is 2. The fourth-order valence-corrected chi connectivity index (χ4v) is 4.90. The molecule has 4 rings (SSSR count). The minimum atomic E-state index is -0.170. The van der Waals surface area contributed by atoms with Crippen LogP contribution < -0.4 is 15.4 Å². The van der Waals surface area contributed by atoms with E-state index >= 15 is 0 Å². The Kier molecular flexibility index (Phi) is 7.77. The number of benzene rings is 3. The van der Waals surface area contributed by atoms with Gasteiger partial charge in [0.2, 0.25) is 5.91 Å². The molecule has 2 N–H and O–H groups in total. The lowest BCUT2D eigenvalue weighted by Crippen LogP contribution is -2.27. The lowest BCUT2D eigenvalue weighted by atomic mass is 10.1. The number of anilines is 1. The van der Waals surface area contributed by atoms with Crippen molar-refractivity contribution in [2.45, 2.75) is 25.3 Å². The standard InChI is InChI=1S/C28H29N3O3S/c1-19-12-13-23(20(2)16-19)30-27(32)18-35-26-17-31(24-10-6-4-8-21(24)26)15-14-29-28(33)22-9-5-7-11-25(22)34-3/h4-13,16-17H,14-15,18H2,1-3H3,(H,29,33)(H,30,32). The number of rotatable bonds is 9. The lowest BCUT2D eigenvalue weighted by molar-refractivity contribution is -0.113. The molecule has 180 valence electrons. The first-order valence-electron chi connectivity index (χ1n) is 11.4. The second kappa shape index (κ2) is 11.1. The van der Waals surface area contributed by atoms with Crippen molar-refractivity contribution in [3.8, 4) is 5.75 Å². The second-order valence-electron chi connectivity index (χ2n) is 8.32. The average Bonchev–Trinajstić information content (AvgIpc) is 3.22. The van der Waals surface area contributed by atoms with E-state index in [0.29, 0.717) is 30.2 Å². The van der Waals surface area contributed by atoms with E-state index in [0.717, 1.165) is 27.0 Å². The van der Waals surface area contributed by atoms with Crippen molar-refractivity contribution in [1.29, 1.82) is 0 Å². The molecule has 0 unspecified atom stereocenters. The third-order valence-electron chi connectivity index (χ3n) is 5.76. The molecule has 0 bridgehead atoms. The molecule has 6 nitrogen and oxygen atoms in total. The van der Waals surface area contributed by atoms with Gasteiger partial charge in [-0.1, -0.05) is 48.0 Å². The van der Waals surface area contributed by atoms with Gasteiger partial charge in [-0.25, -0.2) is 0 Å². The molecule has 0 radical (unpaired) electrons. The van der Waals surface area contributed by atoms with Crippen LogP contribution in [0.5, 0.6) is 5.75 Å². The Bertz CT molecular complexity index is 1360. The lowest BCUT2D eigenvalue weighted by Gasteiger charge is -2.10. The topological polar surface area (TPSA) is 72.4 Å². The Labute approximate surface area is 209 Å². The SMILES string of the molecule is COc1ccccc1C(=O)NCCn1cc(SCC(=O)Nc2ccc(C)cc2C)c2ccccc21. The number of fused-ring (bicyclic) bond motifs is 1. The van der Waals surface area contributed by atoms with E-state index in [9.17, 15) is 9.59 Å². The van der Waals surface area contributed by atoms with Gasteiger partial charge in [0.25, 0.3) is 5.91 Å². The fraction of sp³-hybridized carbons (Fsp3) is 0.214. The Morgan fingerprint density at radius 2 is 1.77 bits per heavy atom. The average molecular weight is 488 g/mol. The van der Waals surface area contributed by atoms with Crippen LogP contribution in [0.3, 0.4) is 0 Å². The third-order valence-corrected chi connectivity index (χ3v) is 6.80. The van der Waals surface area contributed by atoms with Gasteiger partial charge in [0.05, 0.1) is 18.4 Å². The maximum atomic E-state index is 12.6. The molecule has 0 aliphatic rings. The summed E-state index contributed by atoms with van der Waals surface area (Å²) in [5.41, 5.74) is 4.64. The maximum absolute atomic E-state index is 12.6. The van der Waals surface area contributed by atoms with Crippen LogP contribution in [0.2, 0.25) is 0 Å². The van der Waals surface area contributed by atoms with Crippen LogP contribution in [0.25, 0.3) is 10.9 Å². The summed E-state index contributed by atoms with van der Waals surface area (Å²) >= 11 is 1.51. The zero-order chi connectivity index (χ0) is 24.8. The number of aromatic nitrogens is 1. The molecule has 7 heteroatoms. The van der Waals surface area contributed by atoms with Gasteiger partial charge in [-0.15, -0.1) is 11.8 Å². The number of nitrogens with one attached hydrogen (secondary N) is 2. The van der Waals surface area contributed by atoms with Crippen LogP contribution in [0.4, 0.5) is 5.69 Å². The molecular formula is C28H29N3O3S. The Hall–Kier alpha value is -3.71. The molecule has 0 atom stereocenters. The van der Waals surface area contributed by atoms with Crippen LogP contribution in [-0.4, -0.2) is 35.8 Å². The summed E-state index contributed by atoms with van der Waals surface area (Å²) in [6.45, 7) is 5.10. The summed E-state index contributed by atoms with van der Waals surface area (Å²) in [7, 11) is 1.56. The molecular weight excluding hydrogens is 458 g/mol. The zero-order valence-electron chi connectivity index (χ0n) is 20.1. The number of carbonyl (C=O) groups is 2. The molecule has 1 heterocycles. The quantitative estimate of drug-likeness (QED) is 0.309. The van der Waals surface area contributed by atoms with Crippen molar-refractivity contribution in [2.24, 2.45) is 0 Å². The van der Waals surface area contributed by atoms with Crippen LogP contribution in [0.1, 0.15) is 21.5 Å². The first-order chi connectivity index (χ1) is 17.0. The van der Waals surface area contributed by atoms with Gasteiger partial charge in [-0.3, -0.25) is 9.59 Å². The van der Waals surface area contributed by atoms with E-state index in [1.807, 2.05) is 50.2 Å². The molecule has 0 aliphatic carbocycles. The van der Waals surface area contributed by atoms with Gasteiger partial charge in [-0.05, 0) is 43.7 Å². The van der Waals surface area contributed by atoms with Crippen LogP contribution >= 0.6 is 11.8 Å². The molecule has 0 saturated heterocycles. The van der Waals surface area contributed by atoms with Gasteiger partial charge in [-0.2, -0.15) is 0 Å². The molecule has 3 aromatic carbocycles. The molecule has 35 heavy (non-hydrogen) atoms. The number of aryl methyl sites for hydroxylation is 2. The third kappa shape index (κ3) is 5.87. The number of hydrogen-bond acceptors (Lipinski definition) is 4. The first-order valence-corrected chi connectivity index (χ1v) is 12.4. The summed E-state index contributed by atoms with van der Waals surface area (Å²) in [5.74, 6) is 0.653. The van der Waals surface area contributed by atoms with Crippen molar-refractivity contribution < 1.29 is 14.3 Å². The number of methoxy groups -OCH3 is 1. The highest BCUT2D eigenvalue weighted by atomic mass is 32.2. The molecule has 4 aromatic rings. The van der Waals surface area contributed by atoms with Crippen molar-refractivity contribution in [1.82, 2.24) is 9.88 Å². The van der Waals surface area contributed by atoms with E-state index in [2.05, 4.69) is 39.6 Å². The number of thioether (sulfide) groups is 1. The minimum absolute atomic E-state index is 0.0390. The number of nitrogens with zero attached hydrogens (tertiary/aromatic N) is 1. The highest BCUT2D eigenvalue weighted by Gasteiger charge is 2.13. The van der Waals surface area contributed by atoms with Gasteiger partial charge in [0.1, 0.15) is 5.75 Å². The van der Waals surface area contributed by atoms with Crippen molar-refractivity contribution in [3.63, 3.8) is 0 Å². The van der Waals surface area contributed by atoms with E-state index in [-0.39, 0.29) is 11.8 Å². The van der Waals surface area contributed by atoms with Crippen LogP contribution in [0.15, 0.2) is 77.8 Å². The van der Waals surface area contributed by atoms with E-state index < -0.39 is 0 Å². The van der Waals surface area contributed by atoms with Crippen molar-refractivity contribution in [2.75, 3.05) is 24.7 Å². The highest BCUT2D eigenvalue weighted by molar-refractivity contribution is 8.00. The van der Waals surface area contributed by atoms with Crippen LogP contribution in [0, 0.1) is 13.8 Å². The molecule has 2 amide bonds. The molecule has 1 aromatic heterocycles. The highest BCUT2D eigenvalue weighted by Crippen LogP contribution is 2.30. The summed E-state index contributed by atoms with van der Waals surface area (Å²) in [6, 6.07) is 21.3. The number of para-hydroxylation sites is 2. The maximum Gasteiger partial charge on any atom is 0.255 e. The summed E-state index contributed by atoms with van der Waals surface area (Å²) < 4.78 is 7.40. The van der Waals surface area contributed by atoms with Crippen molar-refractivity contribution >= 4 is 40.2 Å². The predicted octanol–water partition coefficient (Wildman–Crippen LogP) is 5.43. The smallest absolute Gasteiger partial charge is 0.255 e. The normalized spacial score (nSPS) is 10.8. The number of carbonyl (C=O) groups excluding carboxylic acids is 2. The Balaban J connectivity index is 1.40. The fourth-order valence-electron chi connectivity index (χ4n) is 4.01. The monoisotopic (exact) mass is 487 g/mol. The minimum Gasteiger partial charge on any atom is -0.496 e. The summed E-state index contributed by atoms with van der Waals surface area (Å²) in [6.07, 6.45) is 2.05. The van der Waals surface area contributed by atoms with Gasteiger partial charge >= 0.3 is 0 Å². The van der Waals surface area contributed by atoms with Crippen molar-refractivity contribution in [3.05, 3.63) is 89.6 Å². The summed E-state index contributed by atoms with van der Waals surface area (Å²) in [4.78, 5) is 26.2. The molecule has 0 saturated carbocycles. The largest absolute Gasteiger partial charge is 0.496 e. The van der Waals surface area contributed by atoms with Gasteiger partial charge in [0, 0.05) is 40.8 Å². The van der Waals surface area contributed by atoms with E-state index in [4.69, 9.17) is 4.74 Å². The molecule has 0 spiro atoms. The molecule has 0 fully saturated rings. The van der Waals surface area contributed by atoms with Crippen LogP contribution in [-0.2, 0) is 11.3 Å². The molecule has 0 aliphatic heterocycles. The zero-order valence-corrected chi connectivity index (χ0v) is 20.9. The Morgan fingerprint density at radius 3 is 2.57 bits per heavy atom. The predicted molar refractivity (Wildman–Crippen MR) is 143 cm³/mol. The Morgan fingerprint density at radius 1 is 1.00 bits per heavy atom. The number of amides is 2. The van der Waals surface area contributed by atoms with E-state index in [1.165, 1.54) is 17.3 Å². The summed E-state index contributed by atoms with van der Waals surface area (Å²) in [5, 5.41) is 7.07. The second-order valence-corrected chi connectivity index (χ2v) is 9.33. The van der Waals surface area contributed by atoms with Gasteiger partial charge in [0.15, 0.2) is 0 Å². The van der Waals surface area contributed by atoms with Gasteiger partial charge < -0.3 is 19.9 Å². The van der Waals surface area contributed by atoms with E-state index in [1.54, 1.807) is 19.2 Å². The first kappa shape index (κ1) is 24.4. The number of ether oxygens (including phenoxy) is 1.